The minimum absolute atomic E-state index is 0.0758. The molecular weight excluding hydrogens is 418 g/mol. The highest BCUT2D eigenvalue weighted by molar-refractivity contribution is 7.89. The first-order chi connectivity index (χ1) is 13.7. The van der Waals surface area contributed by atoms with Crippen LogP contribution in [-0.2, 0) is 10.0 Å². The van der Waals surface area contributed by atoms with Gasteiger partial charge in [-0.1, -0.05) is 24.1 Å². The monoisotopic (exact) mass is 437 g/mol. The lowest BCUT2D eigenvalue weighted by Gasteiger charge is -2.26. The van der Waals surface area contributed by atoms with E-state index in [0.717, 1.165) is 25.3 Å². The number of rotatable bonds is 5. The number of aryl methyl sites for hydroxylation is 1. The van der Waals surface area contributed by atoms with Crippen LogP contribution in [0.3, 0.4) is 0 Å². The van der Waals surface area contributed by atoms with Gasteiger partial charge >= 0.3 is 0 Å². The minimum Gasteiger partial charge on any atom is -0.320 e. The molecule has 0 bridgehead atoms. The van der Waals surface area contributed by atoms with Crippen LogP contribution < -0.4 is 5.32 Å². The summed E-state index contributed by atoms with van der Waals surface area (Å²) in [5, 5.41) is 13.6. The second-order valence-electron chi connectivity index (χ2n) is 6.82. The average Bonchev–Trinajstić information content (AvgIpc) is 2.70. The van der Waals surface area contributed by atoms with Crippen LogP contribution in [0.25, 0.3) is 0 Å². The molecule has 10 heteroatoms. The average molecular weight is 438 g/mol. The molecule has 1 amide bonds. The number of carbonyl (C=O) groups excluding carboxylic acids is 1. The molecule has 0 radical (unpaired) electrons. The molecule has 1 fully saturated rings. The number of amides is 1. The van der Waals surface area contributed by atoms with Crippen LogP contribution in [-0.4, -0.2) is 36.6 Å². The highest BCUT2D eigenvalue weighted by Crippen LogP contribution is 2.28. The van der Waals surface area contributed by atoms with Gasteiger partial charge in [-0.3, -0.25) is 14.9 Å². The minimum atomic E-state index is -3.71. The molecule has 2 aromatic carbocycles. The van der Waals surface area contributed by atoms with Gasteiger partial charge in [0.25, 0.3) is 11.6 Å². The molecule has 1 aliphatic rings. The Morgan fingerprint density at radius 1 is 1.14 bits per heavy atom. The Morgan fingerprint density at radius 2 is 1.83 bits per heavy atom. The SMILES string of the molecule is Cc1ccc(C(=O)Nc2cc([N+](=O)[O-])ccc2Cl)cc1S(=O)(=O)N1CCCCC1. The summed E-state index contributed by atoms with van der Waals surface area (Å²) in [6.07, 6.45) is 2.62. The zero-order valence-electron chi connectivity index (χ0n) is 15.7. The van der Waals surface area contributed by atoms with Crippen molar-refractivity contribution < 1.29 is 18.1 Å². The van der Waals surface area contributed by atoms with E-state index in [9.17, 15) is 23.3 Å². The highest BCUT2D eigenvalue weighted by Gasteiger charge is 2.28. The zero-order valence-corrected chi connectivity index (χ0v) is 17.3. The summed E-state index contributed by atoms with van der Waals surface area (Å²) >= 11 is 6.02. The maximum Gasteiger partial charge on any atom is 0.271 e. The van der Waals surface area contributed by atoms with Gasteiger partial charge in [0, 0.05) is 30.8 Å². The Balaban J connectivity index is 1.90. The lowest BCUT2D eigenvalue weighted by molar-refractivity contribution is -0.384. The number of nitro groups is 1. The molecule has 0 saturated carbocycles. The van der Waals surface area contributed by atoms with E-state index in [1.807, 2.05) is 0 Å². The van der Waals surface area contributed by atoms with Crippen molar-refractivity contribution in [3.63, 3.8) is 0 Å². The van der Waals surface area contributed by atoms with E-state index in [1.54, 1.807) is 13.0 Å². The molecule has 0 atom stereocenters. The standard InChI is InChI=1S/C19H20ClN3O5S/c1-13-5-6-14(11-18(13)29(27,28)22-9-3-2-4-10-22)19(24)21-17-12-15(23(25)26)7-8-16(17)20/h5-8,11-12H,2-4,9-10H2,1H3,(H,21,24). The Kier molecular flexibility index (Phi) is 6.21. The van der Waals surface area contributed by atoms with E-state index in [-0.39, 0.29) is 26.9 Å². The van der Waals surface area contributed by atoms with Crippen LogP contribution in [0.5, 0.6) is 0 Å². The smallest absolute Gasteiger partial charge is 0.271 e. The number of non-ortho nitro benzene ring substituents is 1. The molecule has 1 aliphatic heterocycles. The fourth-order valence-electron chi connectivity index (χ4n) is 3.18. The fraction of sp³-hybridized carbons (Fsp3) is 0.316. The number of nitrogens with zero attached hydrogens (tertiary/aromatic N) is 2. The molecule has 0 spiro atoms. The van der Waals surface area contributed by atoms with Gasteiger partial charge in [0.2, 0.25) is 10.0 Å². The largest absolute Gasteiger partial charge is 0.320 e. The van der Waals surface area contributed by atoms with Gasteiger partial charge in [-0.15, -0.1) is 0 Å². The molecule has 3 rings (SSSR count). The number of carbonyl (C=O) groups is 1. The van der Waals surface area contributed by atoms with Crippen molar-refractivity contribution >= 4 is 38.9 Å². The molecule has 2 aromatic rings. The van der Waals surface area contributed by atoms with Crippen LogP contribution >= 0.6 is 11.6 Å². The number of hydrogen-bond acceptors (Lipinski definition) is 5. The van der Waals surface area contributed by atoms with Gasteiger partial charge in [0.15, 0.2) is 0 Å². The number of hydrogen-bond donors (Lipinski definition) is 1. The number of nitro benzene ring substituents is 1. The first-order valence-electron chi connectivity index (χ1n) is 9.06. The molecule has 1 heterocycles. The topological polar surface area (TPSA) is 110 Å². The van der Waals surface area contributed by atoms with E-state index < -0.39 is 20.9 Å². The van der Waals surface area contributed by atoms with Crippen molar-refractivity contribution in [2.45, 2.75) is 31.1 Å². The van der Waals surface area contributed by atoms with Crippen molar-refractivity contribution in [3.8, 4) is 0 Å². The maximum atomic E-state index is 13.0. The van der Waals surface area contributed by atoms with Crippen LogP contribution in [0.15, 0.2) is 41.3 Å². The third kappa shape index (κ3) is 4.58. The van der Waals surface area contributed by atoms with Crippen molar-refractivity contribution in [2.75, 3.05) is 18.4 Å². The van der Waals surface area contributed by atoms with Crippen molar-refractivity contribution in [1.29, 1.82) is 0 Å². The molecule has 0 aromatic heterocycles. The van der Waals surface area contributed by atoms with Crippen LogP contribution in [0, 0.1) is 17.0 Å². The maximum absolute atomic E-state index is 13.0. The predicted molar refractivity (Wildman–Crippen MR) is 110 cm³/mol. The van der Waals surface area contributed by atoms with E-state index in [4.69, 9.17) is 11.6 Å². The molecule has 154 valence electrons. The summed E-state index contributed by atoms with van der Waals surface area (Å²) in [7, 11) is -3.71. The third-order valence-corrected chi connectivity index (χ3v) is 7.16. The van der Waals surface area contributed by atoms with E-state index in [2.05, 4.69) is 5.32 Å². The van der Waals surface area contributed by atoms with Crippen molar-refractivity contribution in [2.24, 2.45) is 0 Å². The van der Waals surface area contributed by atoms with Gasteiger partial charge < -0.3 is 5.32 Å². The van der Waals surface area contributed by atoms with Crippen molar-refractivity contribution in [1.82, 2.24) is 4.31 Å². The van der Waals surface area contributed by atoms with E-state index in [1.165, 1.54) is 28.6 Å². The second-order valence-corrected chi connectivity index (χ2v) is 9.13. The summed E-state index contributed by atoms with van der Waals surface area (Å²) < 4.78 is 27.5. The number of benzene rings is 2. The number of sulfonamides is 1. The molecule has 1 saturated heterocycles. The Morgan fingerprint density at radius 3 is 2.48 bits per heavy atom. The molecule has 1 N–H and O–H groups in total. The van der Waals surface area contributed by atoms with Gasteiger partial charge in [0.05, 0.1) is 20.5 Å². The van der Waals surface area contributed by atoms with Crippen molar-refractivity contribution in [3.05, 3.63) is 62.7 Å². The zero-order chi connectivity index (χ0) is 21.2. The Labute approximate surface area is 173 Å². The van der Waals surface area contributed by atoms with Crippen LogP contribution in [0.1, 0.15) is 35.2 Å². The summed E-state index contributed by atoms with van der Waals surface area (Å²) in [5.41, 5.74) is 0.517. The summed E-state index contributed by atoms with van der Waals surface area (Å²) in [6.45, 7) is 2.60. The number of halogens is 1. The number of nitrogens with one attached hydrogen (secondary N) is 1. The first-order valence-corrected chi connectivity index (χ1v) is 10.9. The molecule has 0 aliphatic carbocycles. The number of anilines is 1. The third-order valence-electron chi connectivity index (χ3n) is 4.79. The predicted octanol–water partition coefficient (Wildman–Crippen LogP) is 3.98. The highest BCUT2D eigenvalue weighted by atomic mass is 35.5. The molecule has 0 unspecified atom stereocenters. The molecule has 29 heavy (non-hydrogen) atoms. The van der Waals surface area contributed by atoms with Gasteiger partial charge in [-0.25, -0.2) is 8.42 Å². The summed E-state index contributed by atoms with van der Waals surface area (Å²) in [6, 6.07) is 8.11. The van der Waals surface area contributed by atoms with Crippen LogP contribution in [0.4, 0.5) is 11.4 Å². The van der Waals surface area contributed by atoms with Gasteiger partial charge in [-0.2, -0.15) is 4.31 Å². The van der Waals surface area contributed by atoms with Gasteiger partial charge in [0.1, 0.15) is 0 Å². The van der Waals surface area contributed by atoms with E-state index >= 15 is 0 Å². The lowest BCUT2D eigenvalue weighted by Crippen LogP contribution is -2.36. The van der Waals surface area contributed by atoms with Gasteiger partial charge in [-0.05, 0) is 43.5 Å². The molecular formula is C19H20ClN3O5S. The normalized spacial score (nSPS) is 15.1. The number of piperidine rings is 1. The quantitative estimate of drug-likeness (QED) is 0.561. The van der Waals surface area contributed by atoms with E-state index in [0.29, 0.717) is 18.7 Å². The second kappa shape index (κ2) is 8.48. The fourth-order valence-corrected chi connectivity index (χ4v) is 5.11. The Bertz CT molecular complexity index is 1070. The first kappa shape index (κ1) is 21.2. The lowest BCUT2D eigenvalue weighted by atomic mass is 10.1. The Hall–Kier alpha value is -2.49. The molecule has 8 nitrogen and oxygen atoms in total. The summed E-state index contributed by atoms with van der Waals surface area (Å²) in [5.74, 6) is -0.609. The van der Waals surface area contributed by atoms with Crippen LogP contribution in [0.2, 0.25) is 5.02 Å². The summed E-state index contributed by atoms with van der Waals surface area (Å²) in [4.78, 5) is 23.1.